The number of sulfonamides is 1. The summed E-state index contributed by atoms with van der Waals surface area (Å²) in [5, 5.41) is 3.98. The molecular weight excluding hydrogens is 465 g/mol. The Morgan fingerprint density at radius 3 is 2.38 bits per heavy atom. The molecule has 1 N–H and O–H groups in total. The van der Waals surface area contributed by atoms with Gasteiger partial charge in [-0.25, -0.2) is 8.42 Å². The topological polar surface area (TPSA) is 75.7 Å². The minimum Gasteiger partial charge on any atom is -0.497 e. The Kier molecular flexibility index (Phi) is 6.79. The number of hydrogen-bond acceptors (Lipinski definition) is 5. The van der Waals surface area contributed by atoms with Crippen molar-refractivity contribution in [2.24, 2.45) is 0 Å². The Morgan fingerprint density at radius 1 is 1.09 bits per heavy atom. The average molecular weight is 485 g/mol. The molecule has 3 aromatic rings. The van der Waals surface area contributed by atoms with E-state index in [1.54, 1.807) is 0 Å². The summed E-state index contributed by atoms with van der Waals surface area (Å²) in [6, 6.07) is 12.2. The molecule has 0 atom stereocenters. The molecule has 170 valence electrons. The van der Waals surface area contributed by atoms with Crippen LogP contribution in [0.25, 0.3) is 0 Å². The Hall–Kier alpha value is -3.05. The van der Waals surface area contributed by atoms with Crippen LogP contribution in [0.15, 0.2) is 64.9 Å². The molecule has 32 heavy (non-hydrogen) atoms. The molecule has 0 bridgehead atoms. The van der Waals surface area contributed by atoms with E-state index in [2.05, 4.69) is 5.32 Å². The molecular formula is C21H19F3N2O4S2. The van der Waals surface area contributed by atoms with Crippen molar-refractivity contribution in [3.8, 4) is 5.75 Å². The molecule has 0 fully saturated rings. The van der Waals surface area contributed by atoms with Gasteiger partial charge in [0.2, 0.25) is 0 Å². The Labute approximate surface area is 187 Å². The predicted octanol–water partition coefficient (Wildman–Crippen LogP) is 4.53. The number of carbonyl (C=O) groups excluding carboxylic acids is 1. The van der Waals surface area contributed by atoms with E-state index >= 15 is 0 Å². The van der Waals surface area contributed by atoms with Gasteiger partial charge in [-0.3, -0.25) is 9.10 Å². The van der Waals surface area contributed by atoms with Crippen LogP contribution >= 0.6 is 11.3 Å². The summed E-state index contributed by atoms with van der Waals surface area (Å²) < 4.78 is 71.4. The summed E-state index contributed by atoms with van der Waals surface area (Å²) in [6.45, 7) is -0.360. The first-order valence-corrected chi connectivity index (χ1v) is 11.5. The molecule has 1 heterocycles. The standard InChI is InChI=1S/C21H19F3N2O4S2/c1-26(32(28,29)16-9-7-15(30-2)8-10-16)18-11-12-31-19(18)20(27)25-13-14-5-3-4-6-17(14)21(22,23)24/h3-12H,13H2,1-2H3,(H,25,27). The Morgan fingerprint density at radius 2 is 1.75 bits per heavy atom. The molecule has 0 unspecified atom stereocenters. The van der Waals surface area contributed by atoms with Crippen molar-refractivity contribution in [1.82, 2.24) is 5.32 Å². The van der Waals surface area contributed by atoms with Crippen molar-refractivity contribution in [3.05, 3.63) is 76.0 Å². The Balaban J connectivity index is 1.81. The van der Waals surface area contributed by atoms with Gasteiger partial charge in [0.25, 0.3) is 15.9 Å². The van der Waals surface area contributed by atoms with Gasteiger partial charge >= 0.3 is 6.18 Å². The third-order valence-corrected chi connectivity index (χ3v) is 7.36. The number of alkyl halides is 3. The lowest BCUT2D eigenvalue weighted by Gasteiger charge is -2.20. The minimum absolute atomic E-state index is 0.00235. The number of thiophene rings is 1. The molecule has 0 aliphatic rings. The predicted molar refractivity (Wildman–Crippen MR) is 116 cm³/mol. The number of ether oxygens (including phenoxy) is 1. The second-order valence-corrected chi connectivity index (χ2v) is 9.51. The molecule has 11 heteroatoms. The van der Waals surface area contributed by atoms with Crippen molar-refractivity contribution in [2.75, 3.05) is 18.5 Å². The zero-order valence-electron chi connectivity index (χ0n) is 17.0. The second kappa shape index (κ2) is 9.21. The largest absolute Gasteiger partial charge is 0.497 e. The third-order valence-electron chi connectivity index (χ3n) is 4.67. The molecule has 6 nitrogen and oxygen atoms in total. The van der Waals surface area contributed by atoms with Crippen LogP contribution in [0.4, 0.5) is 18.9 Å². The van der Waals surface area contributed by atoms with E-state index in [9.17, 15) is 26.4 Å². The van der Waals surface area contributed by atoms with Crippen LogP contribution in [0.3, 0.4) is 0 Å². The van der Waals surface area contributed by atoms with Crippen LogP contribution < -0.4 is 14.4 Å². The quantitative estimate of drug-likeness (QED) is 0.535. The van der Waals surface area contributed by atoms with Crippen molar-refractivity contribution < 1.29 is 31.1 Å². The van der Waals surface area contributed by atoms with Gasteiger partial charge in [0.15, 0.2) is 0 Å². The fourth-order valence-electron chi connectivity index (χ4n) is 2.96. The fraction of sp³-hybridized carbons (Fsp3) is 0.190. The van der Waals surface area contributed by atoms with Gasteiger partial charge in [-0.15, -0.1) is 11.3 Å². The van der Waals surface area contributed by atoms with E-state index in [-0.39, 0.29) is 27.6 Å². The van der Waals surface area contributed by atoms with Gasteiger partial charge in [-0.1, -0.05) is 18.2 Å². The van der Waals surface area contributed by atoms with Crippen molar-refractivity contribution in [3.63, 3.8) is 0 Å². The number of nitrogens with zero attached hydrogens (tertiary/aromatic N) is 1. The zero-order valence-corrected chi connectivity index (χ0v) is 18.6. The van der Waals surface area contributed by atoms with Crippen LogP contribution in [0.2, 0.25) is 0 Å². The van der Waals surface area contributed by atoms with Gasteiger partial charge in [-0.05, 0) is 47.3 Å². The highest BCUT2D eigenvalue weighted by Crippen LogP contribution is 2.33. The second-order valence-electron chi connectivity index (χ2n) is 6.62. The van der Waals surface area contributed by atoms with Gasteiger partial charge in [-0.2, -0.15) is 13.2 Å². The van der Waals surface area contributed by atoms with Gasteiger partial charge < -0.3 is 10.1 Å². The van der Waals surface area contributed by atoms with E-state index in [1.807, 2.05) is 0 Å². The van der Waals surface area contributed by atoms with Gasteiger partial charge in [0.1, 0.15) is 10.6 Å². The van der Waals surface area contributed by atoms with Crippen molar-refractivity contribution in [2.45, 2.75) is 17.6 Å². The smallest absolute Gasteiger partial charge is 0.416 e. The molecule has 0 saturated carbocycles. The monoisotopic (exact) mass is 484 g/mol. The Bertz CT molecular complexity index is 1210. The molecule has 0 radical (unpaired) electrons. The number of rotatable bonds is 7. The SMILES string of the molecule is COc1ccc(S(=O)(=O)N(C)c2ccsc2C(=O)NCc2ccccc2C(F)(F)F)cc1. The maximum atomic E-state index is 13.2. The number of benzene rings is 2. The maximum Gasteiger partial charge on any atom is 0.416 e. The van der Waals surface area contributed by atoms with Gasteiger partial charge in [0.05, 0.1) is 23.3 Å². The lowest BCUT2D eigenvalue weighted by Crippen LogP contribution is -2.30. The van der Waals surface area contributed by atoms with Crippen molar-refractivity contribution in [1.29, 1.82) is 0 Å². The minimum atomic E-state index is -4.55. The van der Waals surface area contributed by atoms with Crippen LogP contribution in [-0.4, -0.2) is 28.5 Å². The number of carbonyl (C=O) groups is 1. The fourth-order valence-corrected chi connectivity index (χ4v) is 5.07. The number of hydrogen-bond donors (Lipinski definition) is 1. The normalized spacial score (nSPS) is 11.8. The molecule has 2 aromatic carbocycles. The van der Waals surface area contributed by atoms with Gasteiger partial charge in [0, 0.05) is 13.6 Å². The lowest BCUT2D eigenvalue weighted by atomic mass is 10.1. The molecule has 1 aromatic heterocycles. The maximum absolute atomic E-state index is 13.2. The van der Waals surface area contributed by atoms with E-state index < -0.39 is 27.7 Å². The van der Waals surface area contributed by atoms with E-state index in [4.69, 9.17) is 4.74 Å². The highest BCUT2D eigenvalue weighted by atomic mass is 32.2. The molecule has 0 aliphatic heterocycles. The molecule has 3 rings (SSSR count). The molecule has 0 aliphatic carbocycles. The number of nitrogens with one attached hydrogen (secondary N) is 1. The van der Waals surface area contributed by atoms with E-state index in [0.717, 1.165) is 21.7 Å². The van der Waals surface area contributed by atoms with Crippen LogP contribution in [0.1, 0.15) is 20.8 Å². The highest BCUT2D eigenvalue weighted by Gasteiger charge is 2.33. The first-order valence-electron chi connectivity index (χ1n) is 9.19. The summed E-state index contributed by atoms with van der Waals surface area (Å²) >= 11 is 0.988. The number of amides is 1. The summed E-state index contributed by atoms with van der Waals surface area (Å²) in [4.78, 5) is 12.8. The molecule has 0 saturated heterocycles. The zero-order chi connectivity index (χ0) is 23.5. The number of anilines is 1. The summed E-state index contributed by atoms with van der Waals surface area (Å²) in [6.07, 6.45) is -4.55. The number of halogens is 3. The lowest BCUT2D eigenvalue weighted by molar-refractivity contribution is -0.138. The average Bonchev–Trinajstić information content (AvgIpc) is 3.26. The summed E-state index contributed by atoms with van der Waals surface area (Å²) in [5.74, 6) is -0.190. The van der Waals surface area contributed by atoms with Crippen LogP contribution in [-0.2, 0) is 22.7 Å². The highest BCUT2D eigenvalue weighted by molar-refractivity contribution is 7.92. The molecule has 0 spiro atoms. The summed E-state index contributed by atoms with van der Waals surface area (Å²) in [5.41, 5.74) is -0.816. The van der Waals surface area contributed by atoms with Crippen LogP contribution in [0.5, 0.6) is 5.75 Å². The molecule has 1 amide bonds. The van der Waals surface area contributed by atoms with E-state index in [0.29, 0.717) is 5.75 Å². The third kappa shape index (κ3) is 4.89. The summed E-state index contributed by atoms with van der Waals surface area (Å²) in [7, 11) is -1.22. The first kappa shape index (κ1) is 23.6. The first-order chi connectivity index (χ1) is 15.1. The van der Waals surface area contributed by atoms with Crippen molar-refractivity contribution >= 4 is 33.0 Å². The van der Waals surface area contributed by atoms with Crippen LogP contribution in [0, 0.1) is 0 Å². The van der Waals surface area contributed by atoms with E-state index in [1.165, 1.54) is 68.1 Å². The number of methoxy groups -OCH3 is 1.